The van der Waals surface area contributed by atoms with Crippen molar-refractivity contribution in [2.24, 2.45) is 11.8 Å². The van der Waals surface area contributed by atoms with Crippen LogP contribution in [0.4, 0.5) is 14.0 Å². The van der Waals surface area contributed by atoms with E-state index in [1.807, 2.05) is 60.7 Å². The van der Waals surface area contributed by atoms with Crippen molar-refractivity contribution in [1.29, 1.82) is 0 Å². The lowest BCUT2D eigenvalue weighted by Gasteiger charge is -2.37. The molecule has 16 heteroatoms. The molecule has 320 valence electrons. The smallest absolute Gasteiger partial charge is 0.408 e. The molecular formula is C43H58FN7O8. The minimum absolute atomic E-state index is 0.000694. The van der Waals surface area contributed by atoms with Crippen LogP contribution in [-0.4, -0.2) is 109 Å². The molecule has 0 saturated carbocycles. The highest BCUT2D eigenvalue weighted by atomic mass is 19.1. The molecule has 15 nitrogen and oxygen atoms in total. The molecule has 0 unspecified atom stereocenters. The van der Waals surface area contributed by atoms with Gasteiger partial charge in [0.05, 0.1) is 25.8 Å². The summed E-state index contributed by atoms with van der Waals surface area (Å²) in [6.45, 7) is 8.23. The van der Waals surface area contributed by atoms with Crippen LogP contribution in [0.5, 0.6) is 0 Å². The van der Waals surface area contributed by atoms with Crippen molar-refractivity contribution in [1.82, 2.24) is 36.3 Å². The van der Waals surface area contributed by atoms with Crippen molar-refractivity contribution < 1.29 is 42.7 Å². The minimum atomic E-state index is -1.11. The zero-order valence-electron chi connectivity index (χ0n) is 34.5. The molecule has 0 spiro atoms. The second-order valence-electron chi connectivity index (χ2n) is 15.0. The number of urea groups is 1. The lowest BCUT2D eigenvalue weighted by atomic mass is 10.0. The van der Waals surface area contributed by atoms with Gasteiger partial charge in [-0.15, -0.1) is 0 Å². The summed E-state index contributed by atoms with van der Waals surface area (Å²) in [5, 5.41) is 10.8. The van der Waals surface area contributed by atoms with Gasteiger partial charge in [0.15, 0.2) is 0 Å². The molecule has 3 atom stereocenters. The minimum Gasteiger partial charge on any atom is -0.445 e. The van der Waals surface area contributed by atoms with Gasteiger partial charge in [0.2, 0.25) is 0 Å². The fourth-order valence-electron chi connectivity index (χ4n) is 6.35. The van der Waals surface area contributed by atoms with Gasteiger partial charge in [-0.25, -0.2) is 23.8 Å². The first-order valence-corrected chi connectivity index (χ1v) is 20.0. The number of alkyl carbamates (subject to hydrolysis) is 1. The first-order valence-electron chi connectivity index (χ1n) is 20.0. The number of likely N-dealkylation sites (N-methyl/N-ethyl adjacent to an activating group) is 1. The first-order chi connectivity index (χ1) is 28.3. The topological polar surface area (TPSA) is 171 Å². The number of amides is 5. The Hall–Kier alpha value is -5.58. The summed E-state index contributed by atoms with van der Waals surface area (Å²) in [5.41, 5.74) is 5.26. The number of morpholine rings is 1. The number of hydroxylamine groups is 2. The normalized spacial score (nSPS) is 14.3. The fourth-order valence-corrected chi connectivity index (χ4v) is 6.35. The van der Waals surface area contributed by atoms with E-state index in [0.717, 1.165) is 16.2 Å². The molecule has 1 aliphatic heterocycles. The molecule has 3 aromatic carbocycles. The number of aryl methyl sites for hydroxylation is 1. The largest absolute Gasteiger partial charge is 0.445 e. The summed E-state index contributed by atoms with van der Waals surface area (Å²) in [6.07, 6.45) is -0.105. The Morgan fingerprint density at radius 3 is 2.00 bits per heavy atom. The Morgan fingerprint density at radius 2 is 1.41 bits per heavy atom. The zero-order valence-corrected chi connectivity index (χ0v) is 34.5. The van der Waals surface area contributed by atoms with Crippen molar-refractivity contribution >= 4 is 29.9 Å². The SMILES string of the molecule is CNCC(=O)ON(C(=O)[C@@H](NC(=O)N1CCOCC1)C(C)C)[C@@H](CCc1ccccc1)CN(Cc1ccc(F)cc1)NC(=O)[C@@H](NC(=O)OCc1ccccc1)C(C)C. The highest BCUT2D eigenvalue weighted by Crippen LogP contribution is 2.19. The van der Waals surface area contributed by atoms with Crippen LogP contribution in [0, 0.1) is 17.7 Å². The summed E-state index contributed by atoms with van der Waals surface area (Å²) < 4.78 is 24.9. The lowest BCUT2D eigenvalue weighted by Crippen LogP contribution is -2.60. The second-order valence-corrected chi connectivity index (χ2v) is 15.0. The third-order valence-corrected chi connectivity index (χ3v) is 9.61. The average molecular weight is 820 g/mol. The maximum absolute atomic E-state index is 14.7. The molecule has 0 aromatic heterocycles. The van der Waals surface area contributed by atoms with Crippen LogP contribution in [0.15, 0.2) is 84.9 Å². The monoisotopic (exact) mass is 819 g/mol. The van der Waals surface area contributed by atoms with Crippen molar-refractivity contribution in [3.8, 4) is 0 Å². The van der Waals surface area contributed by atoms with Gasteiger partial charge in [0.25, 0.3) is 11.8 Å². The number of carbonyl (C=O) groups excluding carboxylic acids is 5. The van der Waals surface area contributed by atoms with Crippen LogP contribution in [0.25, 0.3) is 0 Å². The van der Waals surface area contributed by atoms with Crippen LogP contribution in [0.2, 0.25) is 0 Å². The van der Waals surface area contributed by atoms with Crippen LogP contribution in [-0.2, 0) is 48.3 Å². The van der Waals surface area contributed by atoms with Gasteiger partial charge >= 0.3 is 18.1 Å². The summed E-state index contributed by atoms with van der Waals surface area (Å²) in [4.78, 5) is 75.9. The van der Waals surface area contributed by atoms with E-state index in [-0.39, 0.29) is 38.6 Å². The second kappa shape index (κ2) is 23.7. The van der Waals surface area contributed by atoms with Gasteiger partial charge in [-0.1, -0.05) is 100 Å². The molecule has 1 heterocycles. The summed E-state index contributed by atoms with van der Waals surface area (Å²) in [6, 6.07) is 20.9. The van der Waals surface area contributed by atoms with Gasteiger partial charge in [-0.3, -0.25) is 15.0 Å². The molecule has 0 aliphatic carbocycles. The number of hydrogen-bond acceptors (Lipinski definition) is 10. The number of rotatable bonds is 19. The average Bonchev–Trinajstić information content (AvgIpc) is 3.23. The number of nitrogens with zero attached hydrogens (tertiary/aromatic N) is 3. The Bertz CT molecular complexity index is 1780. The van der Waals surface area contributed by atoms with Gasteiger partial charge in [-0.05, 0) is 60.5 Å². The Morgan fingerprint density at radius 1 is 0.797 bits per heavy atom. The summed E-state index contributed by atoms with van der Waals surface area (Å²) in [5.74, 6) is -3.26. The molecule has 1 saturated heterocycles. The van der Waals surface area contributed by atoms with Gasteiger partial charge in [0, 0.05) is 26.2 Å². The van der Waals surface area contributed by atoms with E-state index in [1.165, 1.54) is 12.1 Å². The van der Waals surface area contributed by atoms with Crippen molar-refractivity contribution in [2.75, 3.05) is 46.4 Å². The number of benzene rings is 3. The highest BCUT2D eigenvalue weighted by Gasteiger charge is 2.38. The Kier molecular flexibility index (Phi) is 18.5. The number of hydrazine groups is 1. The van der Waals surface area contributed by atoms with E-state index < -0.39 is 59.8 Å². The number of nitrogens with one attached hydrogen (secondary N) is 4. The van der Waals surface area contributed by atoms with E-state index in [1.54, 1.807) is 56.8 Å². The maximum atomic E-state index is 14.7. The number of ether oxygens (including phenoxy) is 2. The van der Waals surface area contributed by atoms with Crippen molar-refractivity contribution in [3.05, 3.63) is 107 Å². The van der Waals surface area contributed by atoms with Crippen LogP contribution >= 0.6 is 0 Å². The number of hydrogen-bond donors (Lipinski definition) is 4. The quantitative estimate of drug-likeness (QED) is 0.129. The third kappa shape index (κ3) is 15.3. The molecule has 5 amide bonds. The molecule has 0 bridgehead atoms. The molecule has 1 fully saturated rings. The van der Waals surface area contributed by atoms with E-state index in [4.69, 9.17) is 14.3 Å². The zero-order chi connectivity index (χ0) is 42.7. The standard InChI is InChI=1S/C43H58FN7O8/c1-30(2)38(47-43(56)58-29-34-14-10-7-11-15-34)40(53)48-50(27-33-16-19-35(44)20-17-33)28-36(21-18-32-12-8-6-9-13-32)51(59-37(52)26-45-5)41(54)39(31(3)4)46-42(55)49-22-24-57-25-23-49/h6-17,19-20,30-31,36,38-39,45H,18,21-29H2,1-5H3,(H,46,55)(H,47,56)(H,48,53)/t36-,38-,39-/m0/s1. The van der Waals surface area contributed by atoms with Gasteiger partial charge < -0.3 is 35.2 Å². The molecule has 4 N–H and O–H groups in total. The first kappa shape index (κ1) is 46.1. The number of carbonyl (C=O) groups is 5. The van der Waals surface area contributed by atoms with Crippen molar-refractivity contribution in [2.45, 2.75) is 71.8 Å². The molecule has 59 heavy (non-hydrogen) atoms. The predicted octanol–water partition coefficient (Wildman–Crippen LogP) is 4.18. The predicted molar refractivity (Wildman–Crippen MR) is 218 cm³/mol. The lowest BCUT2D eigenvalue weighted by molar-refractivity contribution is -0.211. The van der Waals surface area contributed by atoms with Crippen LogP contribution < -0.4 is 21.4 Å². The molecule has 1 aliphatic rings. The highest BCUT2D eigenvalue weighted by molar-refractivity contribution is 5.88. The molecule has 4 rings (SSSR count). The molecule has 3 aromatic rings. The fraction of sp³-hybridized carbons (Fsp3) is 0.465. The maximum Gasteiger partial charge on any atom is 0.408 e. The summed E-state index contributed by atoms with van der Waals surface area (Å²) >= 11 is 0. The number of halogens is 1. The molecule has 0 radical (unpaired) electrons. The van der Waals surface area contributed by atoms with E-state index >= 15 is 0 Å². The van der Waals surface area contributed by atoms with E-state index in [9.17, 15) is 28.4 Å². The Labute approximate surface area is 345 Å². The van der Waals surface area contributed by atoms with Crippen molar-refractivity contribution in [3.63, 3.8) is 0 Å². The van der Waals surface area contributed by atoms with Gasteiger partial charge in [0.1, 0.15) is 24.5 Å². The van der Waals surface area contributed by atoms with E-state index in [0.29, 0.717) is 38.3 Å². The third-order valence-electron chi connectivity index (χ3n) is 9.61. The Balaban J connectivity index is 1.68. The van der Waals surface area contributed by atoms with E-state index in [2.05, 4.69) is 21.4 Å². The summed E-state index contributed by atoms with van der Waals surface area (Å²) in [7, 11) is 1.57. The molecular weight excluding hydrogens is 762 g/mol. The van der Waals surface area contributed by atoms with Gasteiger partial charge in [-0.2, -0.15) is 5.06 Å². The van der Waals surface area contributed by atoms with Crippen LogP contribution in [0.3, 0.4) is 0 Å². The van der Waals surface area contributed by atoms with Crippen LogP contribution in [0.1, 0.15) is 50.8 Å².